The fourth-order valence-corrected chi connectivity index (χ4v) is 3.07. The van der Waals surface area contributed by atoms with Gasteiger partial charge in [-0.05, 0) is 30.2 Å². The van der Waals surface area contributed by atoms with Gasteiger partial charge in [-0.1, -0.05) is 23.7 Å². The van der Waals surface area contributed by atoms with Gasteiger partial charge in [0.05, 0.1) is 6.04 Å². The molecule has 0 aliphatic carbocycles. The van der Waals surface area contributed by atoms with Gasteiger partial charge in [-0.2, -0.15) is 5.10 Å². The van der Waals surface area contributed by atoms with Gasteiger partial charge < -0.3 is 10.2 Å². The lowest BCUT2D eigenvalue weighted by Gasteiger charge is -2.17. The van der Waals surface area contributed by atoms with Gasteiger partial charge in [0.1, 0.15) is 6.54 Å². The van der Waals surface area contributed by atoms with Gasteiger partial charge in [-0.3, -0.25) is 14.3 Å². The second kappa shape index (κ2) is 7.49. The van der Waals surface area contributed by atoms with Gasteiger partial charge >= 0.3 is 0 Å². The molecule has 0 spiro atoms. The van der Waals surface area contributed by atoms with E-state index in [9.17, 15) is 9.59 Å². The summed E-state index contributed by atoms with van der Waals surface area (Å²) in [6, 6.07) is 9.27. The van der Waals surface area contributed by atoms with Crippen LogP contribution in [0.4, 0.5) is 0 Å². The number of hydrogen-bond donors (Lipinski definition) is 1. The molecule has 0 saturated carbocycles. The molecule has 1 fully saturated rings. The molecule has 0 radical (unpaired) electrons. The Morgan fingerprint density at radius 3 is 3.00 bits per heavy atom. The van der Waals surface area contributed by atoms with Crippen molar-refractivity contribution in [3.8, 4) is 0 Å². The minimum atomic E-state index is -0.139. The van der Waals surface area contributed by atoms with E-state index in [1.54, 1.807) is 28.0 Å². The number of nitrogens with one attached hydrogen (secondary N) is 1. The quantitative estimate of drug-likeness (QED) is 0.861. The van der Waals surface area contributed by atoms with Gasteiger partial charge in [-0.15, -0.1) is 0 Å². The smallest absolute Gasteiger partial charge is 0.242 e. The Morgan fingerprint density at radius 1 is 1.38 bits per heavy atom. The molecule has 1 aromatic carbocycles. The fourth-order valence-electron chi connectivity index (χ4n) is 2.86. The lowest BCUT2D eigenvalue weighted by Crippen LogP contribution is -2.39. The van der Waals surface area contributed by atoms with Crippen LogP contribution in [0.25, 0.3) is 0 Å². The van der Waals surface area contributed by atoms with Crippen molar-refractivity contribution in [2.24, 2.45) is 0 Å². The third-order valence-corrected chi connectivity index (χ3v) is 4.24. The lowest BCUT2D eigenvalue weighted by molar-refractivity contribution is -0.127. The summed E-state index contributed by atoms with van der Waals surface area (Å²) in [5, 5.41) is 7.60. The van der Waals surface area contributed by atoms with Crippen LogP contribution in [0, 0.1) is 0 Å². The van der Waals surface area contributed by atoms with E-state index < -0.39 is 0 Å². The van der Waals surface area contributed by atoms with Crippen LogP contribution in [-0.2, 0) is 22.6 Å². The molecule has 7 heteroatoms. The number of likely N-dealkylation sites (tertiary alicyclic amines) is 1. The predicted octanol–water partition coefficient (Wildman–Crippen LogP) is 1.50. The summed E-state index contributed by atoms with van der Waals surface area (Å²) in [5.41, 5.74) is 1.10. The van der Waals surface area contributed by atoms with Crippen LogP contribution in [0.1, 0.15) is 12.0 Å². The van der Waals surface area contributed by atoms with E-state index >= 15 is 0 Å². The molecule has 1 unspecified atom stereocenters. The zero-order valence-corrected chi connectivity index (χ0v) is 13.9. The second-order valence-electron chi connectivity index (χ2n) is 5.89. The first kappa shape index (κ1) is 16.5. The van der Waals surface area contributed by atoms with Crippen molar-refractivity contribution in [1.29, 1.82) is 0 Å². The highest BCUT2D eigenvalue weighted by Gasteiger charge is 2.30. The molecule has 2 heterocycles. The zero-order chi connectivity index (χ0) is 16.9. The van der Waals surface area contributed by atoms with Gasteiger partial charge in [0, 0.05) is 36.9 Å². The molecule has 1 N–H and O–H groups in total. The first-order valence-corrected chi connectivity index (χ1v) is 8.27. The second-order valence-corrected chi connectivity index (χ2v) is 6.33. The van der Waals surface area contributed by atoms with E-state index in [2.05, 4.69) is 10.4 Å². The molecule has 1 aromatic heterocycles. The molecule has 2 aromatic rings. The molecular formula is C17H19ClN4O2. The normalized spacial score (nSPS) is 17.3. The number of hydrogen-bond acceptors (Lipinski definition) is 3. The van der Waals surface area contributed by atoms with Crippen molar-refractivity contribution in [3.05, 3.63) is 53.3 Å². The summed E-state index contributed by atoms with van der Waals surface area (Å²) in [4.78, 5) is 25.9. The Hall–Kier alpha value is -2.34. The van der Waals surface area contributed by atoms with Crippen LogP contribution in [0.3, 0.4) is 0 Å². The Morgan fingerprint density at radius 2 is 2.25 bits per heavy atom. The maximum absolute atomic E-state index is 12.1. The Labute approximate surface area is 145 Å². The van der Waals surface area contributed by atoms with Crippen LogP contribution in [-0.4, -0.2) is 45.6 Å². The summed E-state index contributed by atoms with van der Waals surface area (Å²) >= 11 is 5.97. The van der Waals surface area contributed by atoms with Crippen LogP contribution in [0.15, 0.2) is 42.7 Å². The number of benzene rings is 1. The summed E-state index contributed by atoms with van der Waals surface area (Å²) in [6.07, 6.45) is 4.46. The topological polar surface area (TPSA) is 67.2 Å². The average molecular weight is 347 g/mol. The molecule has 1 atom stereocenters. The number of halogens is 1. The molecule has 6 nitrogen and oxygen atoms in total. The number of amides is 2. The number of aromatic nitrogens is 2. The summed E-state index contributed by atoms with van der Waals surface area (Å²) in [7, 11) is 0. The van der Waals surface area contributed by atoms with Crippen molar-refractivity contribution in [3.63, 3.8) is 0 Å². The highest BCUT2D eigenvalue weighted by molar-refractivity contribution is 6.30. The van der Waals surface area contributed by atoms with Gasteiger partial charge in [0.15, 0.2) is 0 Å². The Kier molecular flexibility index (Phi) is 5.15. The Balaban J connectivity index is 1.47. The number of rotatable bonds is 6. The lowest BCUT2D eigenvalue weighted by atomic mass is 10.1. The van der Waals surface area contributed by atoms with Crippen LogP contribution < -0.4 is 5.32 Å². The van der Waals surface area contributed by atoms with Crippen LogP contribution in [0.2, 0.25) is 5.02 Å². The fraction of sp³-hybridized carbons (Fsp3) is 0.353. The first-order chi connectivity index (χ1) is 11.6. The van der Waals surface area contributed by atoms with Crippen LogP contribution >= 0.6 is 11.6 Å². The van der Waals surface area contributed by atoms with Crippen molar-refractivity contribution in [2.75, 3.05) is 13.1 Å². The molecular weight excluding hydrogens is 328 g/mol. The maximum atomic E-state index is 12.1. The third-order valence-electron chi connectivity index (χ3n) is 4.00. The van der Waals surface area contributed by atoms with Crippen molar-refractivity contribution in [1.82, 2.24) is 20.0 Å². The van der Waals surface area contributed by atoms with Crippen LogP contribution in [0.5, 0.6) is 0 Å². The van der Waals surface area contributed by atoms with E-state index in [4.69, 9.17) is 11.6 Å². The zero-order valence-electron chi connectivity index (χ0n) is 13.2. The molecule has 2 amide bonds. The molecule has 24 heavy (non-hydrogen) atoms. The SMILES string of the molecule is O=C(Cn1cccn1)NC1CC(=O)N(CCc2cccc(Cl)c2)C1. The minimum Gasteiger partial charge on any atom is -0.349 e. The number of carbonyl (C=O) groups is 2. The van der Waals surface area contributed by atoms with E-state index in [1.165, 1.54) is 0 Å². The molecule has 1 aliphatic heterocycles. The van der Waals surface area contributed by atoms with Crippen molar-refractivity contribution in [2.45, 2.75) is 25.4 Å². The molecule has 126 valence electrons. The summed E-state index contributed by atoms with van der Waals surface area (Å²) < 4.78 is 1.56. The molecule has 1 saturated heterocycles. The van der Waals surface area contributed by atoms with E-state index in [0.717, 1.165) is 12.0 Å². The minimum absolute atomic E-state index is 0.0708. The molecule has 0 bridgehead atoms. The first-order valence-electron chi connectivity index (χ1n) is 7.89. The monoisotopic (exact) mass is 346 g/mol. The highest BCUT2D eigenvalue weighted by Crippen LogP contribution is 2.15. The van der Waals surface area contributed by atoms with Gasteiger partial charge in [-0.25, -0.2) is 0 Å². The van der Waals surface area contributed by atoms with Gasteiger partial charge in [0.2, 0.25) is 11.8 Å². The predicted molar refractivity (Wildman–Crippen MR) is 90.5 cm³/mol. The van der Waals surface area contributed by atoms with E-state index in [1.807, 2.05) is 24.3 Å². The average Bonchev–Trinajstić information content (AvgIpc) is 3.15. The van der Waals surface area contributed by atoms with E-state index in [-0.39, 0.29) is 24.4 Å². The summed E-state index contributed by atoms with van der Waals surface area (Å²) in [6.45, 7) is 1.34. The largest absolute Gasteiger partial charge is 0.349 e. The molecule has 3 rings (SSSR count). The number of nitrogens with zero attached hydrogens (tertiary/aromatic N) is 3. The third kappa shape index (κ3) is 4.35. The van der Waals surface area contributed by atoms with E-state index in [0.29, 0.717) is 24.5 Å². The van der Waals surface area contributed by atoms with Crippen molar-refractivity contribution < 1.29 is 9.59 Å². The number of carbonyl (C=O) groups excluding carboxylic acids is 2. The van der Waals surface area contributed by atoms with Gasteiger partial charge in [0.25, 0.3) is 0 Å². The maximum Gasteiger partial charge on any atom is 0.242 e. The highest BCUT2D eigenvalue weighted by atomic mass is 35.5. The molecule has 1 aliphatic rings. The standard InChI is InChI=1S/C17H19ClN4O2/c18-14-4-1-3-13(9-14)5-8-21-11-15(10-17(21)24)20-16(23)12-22-7-2-6-19-22/h1-4,6-7,9,15H,5,8,10-12H2,(H,20,23). The summed E-state index contributed by atoms with van der Waals surface area (Å²) in [5.74, 6) is -0.0605. The van der Waals surface area contributed by atoms with Crippen molar-refractivity contribution >= 4 is 23.4 Å². The Bertz CT molecular complexity index is 717.